The summed E-state index contributed by atoms with van der Waals surface area (Å²) in [7, 11) is 0. The fourth-order valence-electron chi connectivity index (χ4n) is 21.5. The minimum absolute atomic E-state index is 0.0445. The molecule has 144 heavy (non-hydrogen) atoms. The quantitative estimate of drug-likeness (QED) is 0.00461. The molecule has 29 unspecified atom stereocenters. The Morgan fingerprint density at radius 3 is 1.76 bits per heavy atom. The van der Waals surface area contributed by atoms with Crippen molar-refractivity contribution < 1.29 is 239 Å². The predicted octanol–water partition coefficient (Wildman–Crippen LogP) is -1.93. The lowest BCUT2D eigenvalue weighted by molar-refractivity contribution is -0.417. The summed E-state index contributed by atoms with van der Waals surface area (Å²) < 4.78 is 70.7. The highest BCUT2D eigenvalue weighted by Gasteiger charge is 2.74. The van der Waals surface area contributed by atoms with Crippen LogP contribution in [0.15, 0.2) is 86.5 Å². The highest BCUT2D eigenvalue weighted by molar-refractivity contribution is 6.12. The number of nitrogens with zero attached hydrogens (tertiary/aromatic N) is 2. The number of aliphatic hydroxyl groups is 29. The molecule has 6 fully saturated rings. The van der Waals surface area contributed by atoms with Gasteiger partial charge in [-0.15, -0.1) is 0 Å². The summed E-state index contributed by atoms with van der Waals surface area (Å²) >= 11 is 0. The number of esters is 2. The van der Waals surface area contributed by atoms with Crippen molar-refractivity contribution in [3.63, 3.8) is 0 Å². The minimum atomic E-state index is -3.53. The summed E-state index contributed by atoms with van der Waals surface area (Å²) in [6, 6.07) is 0. The van der Waals surface area contributed by atoms with E-state index >= 15 is 4.79 Å². The first-order valence-electron chi connectivity index (χ1n) is 47.7. The standard InChI is InChI=1S/C93H147N3O48/c1-14-49(135-44(7)103)73(139-78(126)63(115)58(110)40(3)100)70(122)81(129)136-50(15-2)75(123)92(38-99,143-84-67(119)62(114)72(43(6)134-84)138-82(130)69(121)71(42(5)102)137-79(127)65(117)60(112)47(104)26-33-97)144-85(132)91-31-30-86(8,9)35-46(91)45-20-21-52-87(10)28-25-54(88(11,51(87)24-29-89(52,12)90(45,13)36-53(91)106)37-94-95-55(107)19-17-16-18-32-96-56(108)22-23-57(96)109)141-93(142-83(131)66(118)61(113)48(105)27-34-98)39-133-74(77(124)125)68(120)76(93)140-80(128)64(116)59(111)41(4)101/h20,22-23,37,40-43,46-54,59,62,64,67-68,72,74-76,78-84,97-102,104-106,110-123,126-131H,14-19,21,24-36,38-39H2,1-13H3,(H,95,107)(H,124,125)/b63-58-,65-60-,66-61+,71-69-,73-70-,94-37+/t40?,41?,42?,43?,46?,47?,48?,49?,50?,51?,52?,53-,54+,59?,62?,64?,67?,68?,72?,74?,75?,76?,78?,79?,80?,81?,82?,83?,84?,87+,88+,89-,90-,91-,92?,93?/m1/s1. The second kappa shape index (κ2) is 49.4. The van der Waals surface area contributed by atoms with Crippen LogP contribution in [0.1, 0.15) is 199 Å². The number of hydrogen-bond acceptors (Lipinski definition) is 48. The van der Waals surface area contributed by atoms with Crippen molar-refractivity contribution in [1.82, 2.24) is 10.3 Å². The molecule has 0 aromatic carbocycles. The molecule has 36 atom stereocenters. The Balaban J connectivity index is 1.25. The number of aliphatic carboxylic acids is 1. The molecule has 0 aromatic heterocycles. The van der Waals surface area contributed by atoms with Gasteiger partial charge in [-0.05, 0) is 151 Å². The minimum Gasteiger partial charge on any atom is -0.506 e. The molecular weight excluding hydrogens is 1930 g/mol. The third kappa shape index (κ3) is 25.5. The van der Waals surface area contributed by atoms with Crippen molar-refractivity contribution >= 4 is 41.8 Å². The molecule has 51 heteroatoms. The van der Waals surface area contributed by atoms with Crippen molar-refractivity contribution in [2.24, 2.45) is 55.3 Å². The first-order chi connectivity index (χ1) is 67.0. The first-order valence-corrected chi connectivity index (χ1v) is 47.7. The maximum absolute atomic E-state index is 16.8. The number of rotatable bonds is 50. The van der Waals surface area contributed by atoms with Gasteiger partial charge in [0, 0.05) is 69.7 Å². The van der Waals surface area contributed by atoms with Crippen LogP contribution in [-0.2, 0) is 85.6 Å². The topological polar surface area (TPSA) is 848 Å². The van der Waals surface area contributed by atoms with E-state index in [4.69, 9.17) is 56.8 Å². The number of fused-ring (bicyclic) bond motifs is 7. The van der Waals surface area contributed by atoms with Crippen LogP contribution >= 0.6 is 0 Å². The van der Waals surface area contributed by atoms with Crippen molar-refractivity contribution in [3.8, 4) is 0 Å². The van der Waals surface area contributed by atoms with Crippen LogP contribution in [0, 0.1) is 50.2 Å². The van der Waals surface area contributed by atoms with Gasteiger partial charge in [0.25, 0.3) is 30.2 Å². The number of hydrogen-bond donors (Lipinski definition) is 31. The summed E-state index contributed by atoms with van der Waals surface area (Å²) in [4.78, 5) is 81.9. The molecule has 51 nitrogen and oxygen atoms in total. The monoisotopic (exact) mass is 2070 g/mol. The lowest BCUT2D eigenvalue weighted by atomic mass is 9.33. The zero-order chi connectivity index (χ0) is 108. The van der Waals surface area contributed by atoms with Gasteiger partial charge in [0.05, 0.1) is 30.5 Å². The third-order valence-corrected chi connectivity index (χ3v) is 29.8. The number of unbranched alkanes of at least 4 members (excludes halogenated alkanes) is 2. The molecule has 2 saturated heterocycles. The Kier molecular flexibility index (Phi) is 41.5. The molecule has 3 heterocycles. The number of nitrogens with one attached hydrogen (secondary N) is 1. The third-order valence-electron chi connectivity index (χ3n) is 29.8. The molecule has 5 aliphatic carbocycles. The number of ether oxygens (including phenoxy) is 12. The van der Waals surface area contributed by atoms with E-state index in [1.165, 1.54) is 20.1 Å². The number of hydrazone groups is 1. The van der Waals surface area contributed by atoms with Crippen molar-refractivity contribution in [3.05, 3.63) is 81.4 Å². The molecule has 822 valence electrons. The summed E-state index contributed by atoms with van der Waals surface area (Å²) in [5.41, 5.74) is -4.84. The maximum Gasteiger partial charge on any atom is 0.335 e. The molecule has 8 rings (SSSR count). The van der Waals surface area contributed by atoms with Gasteiger partial charge in [-0.3, -0.25) is 28.9 Å². The van der Waals surface area contributed by atoms with E-state index in [1.54, 1.807) is 6.92 Å². The van der Waals surface area contributed by atoms with Crippen LogP contribution in [0.5, 0.6) is 0 Å². The molecule has 3 aliphatic heterocycles. The van der Waals surface area contributed by atoms with Crippen LogP contribution in [0.2, 0.25) is 0 Å². The highest BCUT2D eigenvalue weighted by Crippen LogP contribution is 2.76. The van der Waals surface area contributed by atoms with E-state index in [2.05, 4.69) is 10.5 Å². The van der Waals surface area contributed by atoms with E-state index in [9.17, 15) is 177 Å². The summed E-state index contributed by atoms with van der Waals surface area (Å²) in [5, 5.41) is 340. The zero-order valence-corrected chi connectivity index (χ0v) is 82.3. The number of carbonyl (C=O) groups excluding carboxylic acids is 5. The molecule has 3 amide bonds. The summed E-state index contributed by atoms with van der Waals surface area (Å²) in [6.07, 6.45) is -57.0. The molecule has 0 aromatic rings. The molecule has 8 aliphatic rings. The van der Waals surface area contributed by atoms with Crippen LogP contribution in [0.4, 0.5) is 0 Å². The number of carbonyl (C=O) groups is 6. The normalized spacial score (nSPS) is 34.3. The fraction of sp³-hybridized carbons (Fsp3) is 0.774. The predicted molar refractivity (Wildman–Crippen MR) is 485 cm³/mol. The number of aliphatic hydroxyl groups excluding tert-OH is 29. The Bertz CT molecular complexity index is 4640. The van der Waals surface area contributed by atoms with Crippen molar-refractivity contribution in [1.29, 1.82) is 0 Å². The van der Waals surface area contributed by atoms with E-state index in [0.717, 1.165) is 51.7 Å². The molecule has 31 N–H and O–H groups in total. The molecular formula is C93H147N3O48. The second-order valence-corrected chi connectivity index (χ2v) is 39.9. The van der Waals surface area contributed by atoms with Crippen LogP contribution in [0.25, 0.3) is 0 Å². The summed E-state index contributed by atoms with van der Waals surface area (Å²) in [5.74, 6) is -29.1. The van der Waals surface area contributed by atoms with Gasteiger partial charge in [-0.25, -0.2) is 10.2 Å². The average Bonchev–Trinajstić information content (AvgIpc) is 0.702. The average molecular weight is 2080 g/mol. The zero-order valence-electron chi connectivity index (χ0n) is 82.3. The Hall–Kier alpha value is -8.29. The van der Waals surface area contributed by atoms with E-state index in [1.807, 2.05) is 40.7 Å². The number of allylic oxidation sites excluding steroid dienone is 2. The Morgan fingerprint density at radius 1 is 0.632 bits per heavy atom. The SMILES string of the molecule is CCC(OC(C)=O)/C(OC(O)/C(O)=C(/O)C(C)O)=C(/O)C(O)OC(CC)C(O)C(CO)(OC(=O)[C@]12CCC(C)(C)CC1C1=CCC3[C@@]4(C)CC[C@H](OC5(OC(O)/C(O)=C(\O)C(O)CCO)COC(C(=O)O)C(O)C5OC(O)C(O)C(O)C(C)O)[C@@](C)(/C=N/NC(=O)CCCCCN5C(=O)C=CC5=O)C4CC[C@@]3(C)[C@]1(C)C[C@H]2O)OC1OC(C)C(OC(O)/C(O)=C(/OC(O)/C(O)=C(/O)C(O)CCO)C(C)O)C(O)C1O. The molecule has 0 bridgehead atoms. The smallest absolute Gasteiger partial charge is 0.335 e. The second-order valence-electron chi connectivity index (χ2n) is 39.9. The maximum atomic E-state index is 16.8. The van der Waals surface area contributed by atoms with Gasteiger partial charge in [-0.1, -0.05) is 73.5 Å². The number of carboxylic acids is 1. The van der Waals surface area contributed by atoms with Gasteiger partial charge in [0.15, 0.2) is 70.9 Å². The fourth-order valence-corrected chi connectivity index (χ4v) is 21.5. The van der Waals surface area contributed by atoms with E-state index in [0.29, 0.717) is 18.4 Å². The van der Waals surface area contributed by atoms with E-state index < -0.39 is 361 Å². The lowest BCUT2D eigenvalue weighted by Gasteiger charge is -2.72. The number of carboxylic acid groups (broad SMARTS) is 1. The van der Waals surface area contributed by atoms with Crippen LogP contribution < -0.4 is 5.43 Å². The first kappa shape index (κ1) is 121. The van der Waals surface area contributed by atoms with Gasteiger partial charge in [-0.2, -0.15) is 5.10 Å². The van der Waals surface area contributed by atoms with Crippen molar-refractivity contribution in [2.45, 2.75) is 371 Å². The Labute approximate surface area is 828 Å². The largest absolute Gasteiger partial charge is 0.506 e. The summed E-state index contributed by atoms with van der Waals surface area (Å²) in [6.45, 7) is 14.1. The van der Waals surface area contributed by atoms with Gasteiger partial charge in [0.1, 0.15) is 91.9 Å². The van der Waals surface area contributed by atoms with Gasteiger partial charge < -0.3 is 210 Å². The molecule has 0 radical (unpaired) electrons. The highest BCUT2D eigenvalue weighted by atomic mass is 16.8. The molecule has 0 spiro atoms. The molecule has 4 saturated carbocycles. The van der Waals surface area contributed by atoms with Crippen LogP contribution in [0.3, 0.4) is 0 Å². The Morgan fingerprint density at radius 2 is 1.22 bits per heavy atom. The number of amides is 3. The lowest BCUT2D eigenvalue weighted by Crippen LogP contribution is -2.71. The number of imide groups is 1. The van der Waals surface area contributed by atoms with Crippen molar-refractivity contribution in [2.75, 3.05) is 33.0 Å². The van der Waals surface area contributed by atoms with Gasteiger partial charge >= 0.3 is 17.9 Å². The van der Waals surface area contributed by atoms with Crippen LogP contribution in [-0.4, -0.2) is 404 Å². The van der Waals surface area contributed by atoms with E-state index in [-0.39, 0.29) is 83.6 Å². The van der Waals surface area contributed by atoms with Gasteiger partial charge in [0.2, 0.25) is 42.1 Å².